The number of benzene rings is 2. The Balaban J connectivity index is 1.28. The zero-order valence-corrected chi connectivity index (χ0v) is 20.4. The van der Waals surface area contributed by atoms with Crippen LogP contribution < -0.4 is 20.9 Å². The van der Waals surface area contributed by atoms with E-state index in [-0.39, 0.29) is 36.7 Å². The van der Waals surface area contributed by atoms with Gasteiger partial charge in [-0.2, -0.15) is 17.6 Å². The second-order valence-corrected chi connectivity index (χ2v) is 9.61. The molecule has 38 heavy (non-hydrogen) atoms. The summed E-state index contributed by atoms with van der Waals surface area (Å²) in [7, 11) is 0. The van der Waals surface area contributed by atoms with Gasteiger partial charge in [-0.1, -0.05) is 36.4 Å². The van der Waals surface area contributed by atoms with E-state index in [4.69, 9.17) is 0 Å². The van der Waals surface area contributed by atoms with Crippen LogP contribution >= 0.6 is 0 Å². The topological polar surface area (TPSA) is 102 Å². The van der Waals surface area contributed by atoms with E-state index >= 15 is 4.39 Å². The van der Waals surface area contributed by atoms with E-state index in [0.29, 0.717) is 11.1 Å². The summed E-state index contributed by atoms with van der Waals surface area (Å²) in [5, 5.41) is 17.8. The molecule has 1 amide bonds. The third kappa shape index (κ3) is 5.27. The van der Waals surface area contributed by atoms with Crippen LogP contribution in [0.15, 0.2) is 54.9 Å². The van der Waals surface area contributed by atoms with Crippen molar-refractivity contribution in [2.45, 2.75) is 57.0 Å². The number of aliphatic hydroxyl groups excluding tert-OH is 1. The number of carbonyl (C=O) groups excluding carboxylic acids is 1. The molecule has 0 spiro atoms. The summed E-state index contributed by atoms with van der Waals surface area (Å²) in [4.78, 5) is 22.1. The molecule has 2 atom stereocenters. The third-order valence-electron chi connectivity index (χ3n) is 6.80. The Bertz CT molecular complexity index is 1310. The Morgan fingerprint density at radius 1 is 1.08 bits per heavy atom. The lowest BCUT2D eigenvalue weighted by molar-refractivity contribution is -0.137. The van der Waals surface area contributed by atoms with E-state index in [1.807, 2.05) is 0 Å². The summed E-state index contributed by atoms with van der Waals surface area (Å²) in [6, 6.07) is 12.0. The second kappa shape index (κ2) is 9.84. The Labute approximate surface area is 216 Å². The van der Waals surface area contributed by atoms with Crippen LogP contribution in [0.5, 0.6) is 0 Å². The van der Waals surface area contributed by atoms with Crippen molar-refractivity contribution in [3.05, 3.63) is 82.9 Å². The summed E-state index contributed by atoms with van der Waals surface area (Å²) in [6.45, 7) is 2.13. The minimum atomic E-state index is -4.42. The van der Waals surface area contributed by atoms with Crippen molar-refractivity contribution in [2.24, 2.45) is 0 Å². The summed E-state index contributed by atoms with van der Waals surface area (Å²) in [5.41, 5.74) is 0.276. The van der Waals surface area contributed by atoms with E-state index in [1.165, 1.54) is 18.5 Å². The van der Waals surface area contributed by atoms with Crippen molar-refractivity contribution in [3.63, 3.8) is 0 Å². The average Bonchev–Trinajstić information content (AvgIpc) is 3.68. The summed E-state index contributed by atoms with van der Waals surface area (Å²) >= 11 is 0. The molecule has 1 aromatic heterocycles. The van der Waals surface area contributed by atoms with E-state index in [2.05, 4.69) is 25.9 Å². The van der Waals surface area contributed by atoms with Gasteiger partial charge in [-0.05, 0) is 48.6 Å². The Morgan fingerprint density at radius 3 is 2.32 bits per heavy atom. The van der Waals surface area contributed by atoms with E-state index in [0.717, 1.165) is 30.5 Å². The number of alkyl halides is 3. The molecule has 0 bridgehead atoms. The monoisotopic (exact) mass is 530 g/mol. The first kappa shape index (κ1) is 25.9. The van der Waals surface area contributed by atoms with Crippen molar-refractivity contribution in [1.29, 1.82) is 0 Å². The fraction of sp³-hybridized carbons (Fsp3) is 0.346. The average molecular weight is 531 g/mol. The van der Waals surface area contributed by atoms with Gasteiger partial charge in [0, 0.05) is 19.1 Å². The number of rotatable bonds is 8. The highest BCUT2D eigenvalue weighted by Crippen LogP contribution is 2.35. The first-order valence-electron chi connectivity index (χ1n) is 12.1. The smallest absolute Gasteiger partial charge is 0.363 e. The molecular weight excluding hydrogens is 504 g/mol. The van der Waals surface area contributed by atoms with Crippen LogP contribution in [0, 0.1) is 5.82 Å². The van der Waals surface area contributed by atoms with Crippen LogP contribution in [0.2, 0.25) is 0 Å². The van der Waals surface area contributed by atoms with Gasteiger partial charge in [0.1, 0.15) is 11.9 Å². The van der Waals surface area contributed by atoms with Gasteiger partial charge in [0.05, 0.1) is 5.56 Å². The molecular formula is C26H26F4N6O2. The predicted octanol–water partition coefficient (Wildman–Crippen LogP) is 3.63. The highest BCUT2D eigenvalue weighted by Gasteiger charge is 2.43. The highest BCUT2D eigenvalue weighted by atomic mass is 19.4. The molecule has 2 aliphatic rings. The maximum atomic E-state index is 15.5. The van der Waals surface area contributed by atoms with Gasteiger partial charge in [0.2, 0.25) is 11.7 Å². The molecule has 1 aliphatic carbocycles. The standard InChI is InChI=1S/C26H26F4N6O2/c1-25(23(37)34-24(38)35-25)17-6-2-15(3-7-17)12-31-21-20(27)22(33-14-32-21)36(19-10-11-19)13-16-4-8-18(9-5-16)26(28,29)30/h2-9,14,19,24,35,38H,10-13H2,1H3,(H,34,37)(H,31,32,33). The Kier molecular flexibility index (Phi) is 6.70. The first-order chi connectivity index (χ1) is 18.0. The van der Waals surface area contributed by atoms with Gasteiger partial charge >= 0.3 is 6.18 Å². The quantitative estimate of drug-likeness (QED) is 0.330. The predicted molar refractivity (Wildman–Crippen MR) is 131 cm³/mol. The number of amides is 1. The van der Waals surface area contributed by atoms with Crippen molar-refractivity contribution >= 4 is 17.5 Å². The van der Waals surface area contributed by atoms with E-state index in [1.54, 1.807) is 36.1 Å². The van der Waals surface area contributed by atoms with Crippen molar-refractivity contribution in [1.82, 2.24) is 20.6 Å². The number of hydrogen-bond donors (Lipinski definition) is 4. The number of hydrogen-bond acceptors (Lipinski definition) is 7. The van der Waals surface area contributed by atoms with Gasteiger partial charge in [0.25, 0.3) is 0 Å². The van der Waals surface area contributed by atoms with Gasteiger partial charge in [0.15, 0.2) is 18.0 Å². The number of carbonyl (C=O) groups is 1. The van der Waals surface area contributed by atoms with Gasteiger partial charge in [-0.15, -0.1) is 0 Å². The second-order valence-electron chi connectivity index (χ2n) is 9.61. The molecule has 2 heterocycles. The summed E-state index contributed by atoms with van der Waals surface area (Å²) < 4.78 is 54.2. The number of aliphatic hydroxyl groups is 1. The largest absolute Gasteiger partial charge is 0.416 e. The Hall–Kier alpha value is -3.77. The van der Waals surface area contributed by atoms with Crippen molar-refractivity contribution in [2.75, 3.05) is 10.2 Å². The van der Waals surface area contributed by atoms with Crippen molar-refractivity contribution in [3.8, 4) is 0 Å². The molecule has 12 heteroatoms. The maximum Gasteiger partial charge on any atom is 0.416 e. The zero-order chi connectivity index (χ0) is 27.1. The molecule has 200 valence electrons. The lowest BCUT2D eigenvalue weighted by Crippen LogP contribution is -2.41. The van der Waals surface area contributed by atoms with E-state index < -0.39 is 29.4 Å². The number of aromatic nitrogens is 2. The molecule has 3 aromatic rings. The lowest BCUT2D eigenvalue weighted by atomic mass is 9.91. The van der Waals surface area contributed by atoms with Crippen LogP contribution in [0.3, 0.4) is 0 Å². The minimum Gasteiger partial charge on any atom is -0.363 e. The molecule has 8 nitrogen and oxygen atoms in total. The van der Waals surface area contributed by atoms with Gasteiger partial charge in [-0.3, -0.25) is 10.1 Å². The normalized spacial score (nSPS) is 21.3. The van der Waals surface area contributed by atoms with Crippen LogP contribution in [-0.4, -0.2) is 33.4 Å². The van der Waals surface area contributed by atoms with Crippen LogP contribution in [0.1, 0.15) is 42.0 Å². The molecule has 4 N–H and O–H groups in total. The van der Waals surface area contributed by atoms with E-state index in [9.17, 15) is 23.1 Å². The molecule has 0 radical (unpaired) electrons. The molecule has 1 aliphatic heterocycles. The number of anilines is 2. The third-order valence-corrected chi connectivity index (χ3v) is 6.80. The van der Waals surface area contributed by atoms with Gasteiger partial charge < -0.3 is 20.6 Å². The first-order valence-corrected chi connectivity index (χ1v) is 12.1. The zero-order valence-electron chi connectivity index (χ0n) is 20.4. The minimum absolute atomic E-state index is 0.00377. The number of nitrogens with zero attached hydrogens (tertiary/aromatic N) is 3. The van der Waals surface area contributed by atoms with Crippen LogP contribution in [0.25, 0.3) is 0 Å². The molecule has 2 fully saturated rings. The Morgan fingerprint density at radius 2 is 1.74 bits per heavy atom. The molecule has 2 unspecified atom stereocenters. The van der Waals surface area contributed by atoms with Crippen LogP contribution in [-0.2, 0) is 29.6 Å². The maximum absolute atomic E-state index is 15.5. The summed E-state index contributed by atoms with van der Waals surface area (Å²) in [6.07, 6.45) is -2.62. The number of halogens is 4. The lowest BCUT2D eigenvalue weighted by Gasteiger charge is -2.25. The molecule has 2 aromatic carbocycles. The fourth-order valence-corrected chi connectivity index (χ4v) is 4.44. The molecule has 5 rings (SSSR count). The van der Waals surface area contributed by atoms with Gasteiger partial charge in [-0.25, -0.2) is 9.97 Å². The highest BCUT2D eigenvalue weighted by molar-refractivity contribution is 5.89. The number of nitrogens with one attached hydrogen (secondary N) is 3. The fourth-order valence-electron chi connectivity index (χ4n) is 4.44. The summed E-state index contributed by atoms with van der Waals surface area (Å²) in [5.74, 6) is -0.895. The van der Waals surface area contributed by atoms with Crippen LogP contribution in [0.4, 0.5) is 29.2 Å². The SMILES string of the molecule is CC1(c2ccc(CNc3ncnc(N(Cc4ccc(C(F)(F)F)cc4)C4CC4)c3F)cc2)NC(O)NC1=O. The van der Waals surface area contributed by atoms with Crippen molar-refractivity contribution < 1.29 is 27.5 Å². The molecule has 1 saturated heterocycles. The molecule has 1 saturated carbocycles.